The molecule has 0 saturated heterocycles. The van der Waals surface area contributed by atoms with Gasteiger partial charge in [0.1, 0.15) is 0 Å². The van der Waals surface area contributed by atoms with Gasteiger partial charge in [0.05, 0.1) is 11.9 Å². The van der Waals surface area contributed by atoms with Gasteiger partial charge in [0, 0.05) is 6.42 Å². The highest BCUT2D eigenvalue weighted by atomic mass is 14.9. The highest BCUT2D eigenvalue weighted by molar-refractivity contribution is 5.80. The van der Waals surface area contributed by atoms with E-state index < -0.39 is 0 Å². The smallest absolute Gasteiger partial charge is 0.0940 e. The monoisotopic (exact) mass is 170 g/mol. The zero-order valence-corrected chi connectivity index (χ0v) is 8.80. The molecule has 2 atom stereocenters. The van der Waals surface area contributed by atoms with Gasteiger partial charge in [-0.3, -0.25) is 4.99 Å². The van der Waals surface area contributed by atoms with Crippen LogP contribution in [0.4, 0.5) is 0 Å². The molecule has 0 aliphatic carbocycles. The molecule has 0 saturated carbocycles. The van der Waals surface area contributed by atoms with Crippen molar-refractivity contribution in [2.75, 3.05) is 0 Å². The van der Waals surface area contributed by atoms with E-state index in [9.17, 15) is 0 Å². The molecule has 0 aromatic heterocycles. The highest BCUT2D eigenvalue weighted by Crippen LogP contribution is 2.10. The number of aliphatic imine (C=N–C) groups is 1. The molecule has 0 amide bonds. The molecule has 0 rings (SSSR count). The Morgan fingerprint density at radius 2 is 1.92 bits per heavy atom. The summed E-state index contributed by atoms with van der Waals surface area (Å²) < 4.78 is 0. The Kier molecular flexibility index (Phi) is 5.77. The van der Waals surface area contributed by atoms with Crippen molar-refractivity contribution in [3.05, 3.63) is 0 Å². The molecule has 0 bridgehead atoms. The van der Waals surface area contributed by atoms with E-state index in [1.165, 1.54) is 6.42 Å². The molecule has 72 valence electrons. The summed E-state index contributed by atoms with van der Waals surface area (Å²) in [6, 6.07) is 0.376. The van der Waals surface area contributed by atoms with E-state index in [-0.39, 0.29) is 0 Å². The first-order valence-corrected chi connectivity index (χ1v) is 4.93. The molecule has 0 aromatic rings. The van der Waals surface area contributed by atoms with Crippen molar-refractivity contribution < 1.29 is 0 Å². The number of hydrogen-bond acceptors (Lipinski definition) is 1. The van der Waals surface area contributed by atoms with Crippen molar-refractivity contribution in [1.82, 2.24) is 0 Å². The number of nitrogens with zero attached hydrogens (tertiary/aromatic N) is 1. The van der Waals surface area contributed by atoms with Crippen LogP contribution in [0.15, 0.2) is 4.99 Å². The van der Waals surface area contributed by atoms with Crippen molar-refractivity contribution in [2.24, 2.45) is 16.6 Å². The summed E-state index contributed by atoms with van der Waals surface area (Å²) in [5.74, 6) is 1.45. The summed E-state index contributed by atoms with van der Waals surface area (Å²) >= 11 is 0. The number of amidine groups is 1. The third-order valence-corrected chi connectivity index (χ3v) is 2.34. The Morgan fingerprint density at radius 1 is 1.33 bits per heavy atom. The van der Waals surface area contributed by atoms with E-state index in [1.807, 2.05) is 0 Å². The Hall–Kier alpha value is -0.530. The van der Waals surface area contributed by atoms with Crippen LogP contribution < -0.4 is 5.73 Å². The average Bonchev–Trinajstić information content (AvgIpc) is 2.03. The molecule has 0 heterocycles. The molecule has 0 radical (unpaired) electrons. The fourth-order valence-corrected chi connectivity index (χ4v) is 1.05. The van der Waals surface area contributed by atoms with Crippen molar-refractivity contribution in [1.29, 1.82) is 0 Å². The van der Waals surface area contributed by atoms with E-state index in [4.69, 9.17) is 5.73 Å². The Bertz CT molecular complexity index is 141. The molecule has 2 nitrogen and oxygen atoms in total. The third kappa shape index (κ3) is 4.37. The van der Waals surface area contributed by atoms with Gasteiger partial charge in [-0.25, -0.2) is 0 Å². The predicted molar refractivity (Wildman–Crippen MR) is 55.4 cm³/mol. The predicted octanol–water partition coefficient (Wildman–Crippen LogP) is 2.58. The zero-order valence-electron chi connectivity index (χ0n) is 8.80. The van der Waals surface area contributed by atoms with Gasteiger partial charge in [-0.2, -0.15) is 0 Å². The van der Waals surface area contributed by atoms with Crippen molar-refractivity contribution in [2.45, 2.75) is 53.0 Å². The summed E-state index contributed by atoms with van der Waals surface area (Å²) in [5.41, 5.74) is 5.73. The second kappa shape index (κ2) is 6.04. The molecular weight excluding hydrogens is 148 g/mol. The first-order chi connectivity index (χ1) is 5.61. The molecular formula is C10H22N2. The van der Waals surface area contributed by atoms with Gasteiger partial charge < -0.3 is 5.73 Å². The van der Waals surface area contributed by atoms with E-state index in [0.29, 0.717) is 12.0 Å². The second-order valence-electron chi connectivity index (χ2n) is 3.50. The van der Waals surface area contributed by atoms with Crippen LogP contribution in [0.3, 0.4) is 0 Å². The molecule has 2 unspecified atom stereocenters. The molecule has 2 N–H and O–H groups in total. The maximum Gasteiger partial charge on any atom is 0.0940 e. The van der Waals surface area contributed by atoms with Crippen molar-refractivity contribution >= 4 is 5.84 Å². The van der Waals surface area contributed by atoms with Gasteiger partial charge in [0.2, 0.25) is 0 Å². The number of hydrogen-bond donors (Lipinski definition) is 1. The van der Waals surface area contributed by atoms with Crippen molar-refractivity contribution in [3.8, 4) is 0 Å². The fraction of sp³-hybridized carbons (Fsp3) is 0.900. The summed E-state index contributed by atoms with van der Waals surface area (Å²) in [7, 11) is 0. The Balaban J connectivity index is 3.94. The minimum Gasteiger partial charge on any atom is -0.387 e. The standard InChI is InChI=1S/C10H22N2/c1-5-7-10(11)12-9(4)8(3)6-2/h8-9H,5-7H2,1-4H3,(H2,11,12). The van der Waals surface area contributed by atoms with Crippen LogP contribution in [0.5, 0.6) is 0 Å². The first-order valence-electron chi connectivity index (χ1n) is 4.93. The molecule has 0 aliphatic heterocycles. The lowest BCUT2D eigenvalue weighted by Gasteiger charge is -2.14. The molecule has 2 heteroatoms. The minimum absolute atomic E-state index is 0.376. The van der Waals surface area contributed by atoms with Crippen LogP contribution >= 0.6 is 0 Å². The van der Waals surface area contributed by atoms with Crippen LogP contribution in [0, 0.1) is 5.92 Å². The Morgan fingerprint density at radius 3 is 2.33 bits per heavy atom. The van der Waals surface area contributed by atoms with Crippen LogP contribution in [0.2, 0.25) is 0 Å². The lowest BCUT2D eigenvalue weighted by molar-refractivity contribution is 0.471. The van der Waals surface area contributed by atoms with Gasteiger partial charge >= 0.3 is 0 Å². The summed E-state index contributed by atoms with van der Waals surface area (Å²) in [6.07, 6.45) is 3.19. The quantitative estimate of drug-likeness (QED) is 0.500. The Labute approximate surface area is 76.3 Å². The van der Waals surface area contributed by atoms with Gasteiger partial charge in [0.25, 0.3) is 0 Å². The van der Waals surface area contributed by atoms with Gasteiger partial charge in [-0.15, -0.1) is 0 Å². The van der Waals surface area contributed by atoms with Crippen LogP contribution in [0.25, 0.3) is 0 Å². The largest absolute Gasteiger partial charge is 0.387 e. The maximum atomic E-state index is 5.73. The van der Waals surface area contributed by atoms with Crippen LogP contribution in [0.1, 0.15) is 47.0 Å². The fourth-order valence-electron chi connectivity index (χ4n) is 1.05. The van der Waals surface area contributed by atoms with Gasteiger partial charge in [-0.1, -0.05) is 27.2 Å². The second-order valence-corrected chi connectivity index (χ2v) is 3.50. The third-order valence-electron chi connectivity index (χ3n) is 2.34. The number of nitrogens with two attached hydrogens (primary N) is 1. The zero-order chi connectivity index (χ0) is 9.56. The van der Waals surface area contributed by atoms with Crippen LogP contribution in [-0.2, 0) is 0 Å². The van der Waals surface area contributed by atoms with E-state index in [2.05, 4.69) is 32.7 Å². The molecule has 0 spiro atoms. The lowest BCUT2D eigenvalue weighted by atomic mass is 10.0. The van der Waals surface area contributed by atoms with Crippen LogP contribution in [-0.4, -0.2) is 11.9 Å². The maximum absolute atomic E-state index is 5.73. The number of rotatable bonds is 5. The van der Waals surface area contributed by atoms with Gasteiger partial charge in [-0.05, 0) is 19.3 Å². The van der Waals surface area contributed by atoms with E-state index in [0.717, 1.165) is 18.7 Å². The molecule has 0 fully saturated rings. The summed E-state index contributed by atoms with van der Waals surface area (Å²) in [4.78, 5) is 4.43. The first kappa shape index (κ1) is 11.5. The SMILES string of the molecule is CCCC(N)=NC(C)C(C)CC. The average molecular weight is 170 g/mol. The highest BCUT2D eigenvalue weighted by Gasteiger charge is 2.08. The normalized spacial score (nSPS) is 17.5. The molecule has 12 heavy (non-hydrogen) atoms. The van der Waals surface area contributed by atoms with E-state index >= 15 is 0 Å². The van der Waals surface area contributed by atoms with E-state index in [1.54, 1.807) is 0 Å². The summed E-state index contributed by atoms with van der Waals surface area (Å²) in [5, 5.41) is 0. The summed E-state index contributed by atoms with van der Waals surface area (Å²) in [6.45, 7) is 8.66. The molecule has 0 aliphatic rings. The minimum atomic E-state index is 0.376. The lowest BCUT2D eigenvalue weighted by Crippen LogP contribution is -2.18. The van der Waals surface area contributed by atoms with Gasteiger partial charge in [0.15, 0.2) is 0 Å². The topological polar surface area (TPSA) is 38.4 Å². The molecule has 0 aromatic carbocycles. The van der Waals surface area contributed by atoms with Crippen molar-refractivity contribution in [3.63, 3.8) is 0 Å².